The molecule has 1 N–H and O–H groups in total. The molecule has 2 rings (SSSR count). The van der Waals surface area contributed by atoms with E-state index >= 15 is 0 Å². The number of rotatable bonds is 5. The van der Waals surface area contributed by atoms with Gasteiger partial charge in [0.1, 0.15) is 17.4 Å². The van der Waals surface area contributed by atoms with Gasteiger partial charge in [0.25, 0.3) is 5.91 Å². The van der Waals surface area contributed by atoms with Crippen molar-refractivity contribution in [1.29, 1.82) is 0 Å². The van der Waals surface area contributed by atoms with Gasteiger partial charge < -0.3 is 10.1 Å². The Morgan fingerprint density at radius 2 is 1.80 bits per heavy atom. The lowest BCUT2D eigenvalue weighted by Crippen LogP contribution is -2.22. The van der Waals surface area contributed by atoms with Crippen LogP contribution >= 0.6 is 0 Å². The molecule has 0 atom stereocenters. The first kappa shape index (κ1) is 18.8. The molecule has 6 nitrogen and oxygen atoms in total. The smallest absolute Gasteiger partial charge is 0.258 e. The fourth-order valence-electron chi connectivity index (χ4n) is 2.02. The molecule has 0 aromatic heterocycles. The molecular formula is C16H16F2N2O4S. The van der Waals surface area contributed by atoms with E-state index in [-0.39, 0.29) is 21.9 Å². The van der Waals surface area contributed by atoms with Crippen LogP contribution in [0.25, 0.3) is 0 Å². The number of carbonyl (C=O) groups excluding carboxylic acids is 1. The summed E-state index contributed by atoms with van der Waals surface area (Å²) in [5.41, 5.74) is -0.344. The number of amides is 1. The monoisotopic (exact) mass is 370 g/mol. The van der Waals surface area contributed by atoms with Crippen molar-refractivity contribution in [1.82, 2.24) is 4.31 Å². The van der Waals surface area contributed by atoms with Gasteiger partial charge in [-0.25, -0.2) is 21.5 Å². The van der Waals surface area contributed by atoms with Crippen molar-refractivity contribution in [2.24, 2.45) is 0 Å². The summed E-state index contributed by atoms with van der Waals surface area (Å²) < 4.78 is 57.2. The molecule has 0 heterocycles. The Bertz CT molecular complexity index is 914. The third kappa shape index (κ3) is 3.94. The lowest BCUT2D eigenvalue weighted by molar-refractivity contribution is 0.102. The molecule has 0 aliphatic rings. The van der Waals surface area contributed by atoms with Gasteiger partial charge in [-0.1, -0.05) is 0 Å². The Kier molecular flexibility index (Phi) is 5.39. The van der Waals surface area contributed by atoms with Crippen molar-refractivity contribution in [3.05, 3.63) is 53.6 Å². The minimum atomic E-state index is -3.74. The largest absolute Gasteiger partial charge is 0.495 e. The quantitative estimate of drug-likeness (QED) is 0.877. The molecule has 9 heteroatoms. The Balaban J connectivity index is 2.42. The molecule has 0 unspecified atom stereocenters. The van der Waals surface area contributed by atoms with Gasteiger partial charge in [-0.15, -0.1) is 0 Å². The molecule has 0 bridgehead atoms. The van der Waals surface area contributed by atoms with E-state index in [1.54, 1.807) is 0 Å². The molecule has 25 heavy (non-hydrogen) atoms. The molecule has 2 aromatic rings. The molecule has 0 radical (unpaired) electrons. The average Bonchev–Trinajstić information content (AvgIpc) is 2.54. The normalized spacial score (nSPS) is 11.4. The zero-order chi connectivity index (χ0) is 18.8. The van der Waals surface area contributed by atoms with Gasteiger partial charge in [0, 0.05) is 20.2 Å². The predicted molar refractivity (Wildman–Crippen MR) is 88.2 cm³/mol. The Morgan fingerprint density at radius 3 is 2.36 bits per heavy atom. The first-order valence-corrected chi connectivity index (χ1v) is 8.48. The summed E-state index contributed by atoms with van der Waals surface area (Å²) in [6.45, 7) is 0. The number of methoxy groups -OCH3 is 1. The molecular weight excluding hydrogens is 354 g/mol. The number of nitrogens with zero attached hydrogens (tertiary/aromatic N) is 1. The highest BCUT2D eigenvalue weighted by Crippen LogP contribution is 2.29. The van der Waals surface area contributed by atoms with Crippen molar-refractivity contribution in [2.75, 3.05) is 26.5 Å². The van der Waals surface area contributed by atoms with Crippen molar-refractivity contribution in [2.45, 2.75) is 4.90 Å². The molecule has 2 aromatic carbocycles. The number of nitrogens with one attached hydrogen (secondary N) is 1. The predicted octanol–water partition coefficient (Wildman–Crippen LogP) is 2.48. The minimum absolute atomic E-state index is 0.0409. The number of hydrogen-bond donors (Lipinski definition) is 1. The lowest BCUT2D eigenvalue weighted by Gasteiger charge is -2.15. The van der Waals surface area contributed by atoms with Crippen LogP contribution in [0.1, 0.15) is 10.4 Å². The maximum absolute atomic E-state index is 13.7. The van der Waals surface area contributed by atoms with E-state index in [1.807, 2.05) is 0 Å². The van der Waals surface area contributed by atoms with E-state index in [1.165, 1.54) is 39.4 Å². The summed E-state index contributed by atoms with van der Waals surface area (Å²) in [4.78, 5) is 12.1. The lowest BCUT2D eigenvalue weighted by atomic mass is 10.2. The maximum atomic E-state index is 13.7. The van der Waals surface area contributed by atoms with Crippen LogP contribution in [0.5, 0.6) is 5.75 Å². The first-order chi connectivity index (χ1) is 11.7. The fraction of sp³-hybridized carbons (Fsp3) is 0.188. The Morgan fingerprint density at radius 1 is 1.12 bits per heavy atom. The van der Waals surface area contributed by atoms with Crippen molar-refractivity contribution < 1.29 is 26.7 Å². The summed E-state index contributed by atoms with van der Waals surface area (Å²) in [6, 6.07) is 6.41. The van der Waals surface area contributed by atoms with Crippen LogP contribution in [0.4, 0.5) is 14.5 Å². The summed E-state index contributed by atoms with van der Waals surface area (Å²) >= 11 is 0. The topological polar surface area (TPSA) is 75.7 Å². The Labute approximate surface area is 144 Å². The van der Waals surface area contributed by atoms with E-state index < -0.39 is 27.6 Å². The number of hydrogen-bond acceptors (Lipinski definition) is 4. The van der Waals surface area contributed by atoms with E-state index in [2.05, 4.69) is 5.32 Å². The fourth-order valence-corrected chi connectivity index (χ4v) is 2.95. The zero-order valence-electron chi connectivity index (χ0n) is 13.7. The summed E-state index contributed by atoms with van der Waals surface area (Å²) in [7, 11) is 0.335. The van der Waals surface area contributed by atoms with Crippen molar-refractivity contribution >= 4 is 21.6 Å². The zero-order valence-corrected chi connectivity index (χ0v) is 14.5. The van der Waals surface area contributed by atoms with Gasteiger partial charge >= 0.3 is 0 Å². The van der Waals surface area contributed by atoms with Crippen molar-refractivity contribution in [3.8, 4) is 5.75 Å². The molecule has 134 valence electrons. The van der Waals surface area contributed by atoms with Crippen LogP contribution in [0.3, 0.4) is 0 Å². The molecule has 0 fully saturated rings. The van der Waals surface area contributed by atoms with Crippen molar-refractivity contribution in [3.63, 3.8) is 0 Å². The summed E-state index contributed by atoms with van der Waals surface area (Å²) in [5.74, 6) is -2.52. The number of benzene rings is 2. The van der Waals surface area contributed by atoms with Crippen LogP contribution < -0.4 is 10.1 Å². The molecule has 1 amide bonds. The Hall–Kier alpha value is -2.52. The molecule has 0 spiro atoms. The van der Waals surface area contributed by atoms with Gasteiger partial charge in [-0.05, 0) is 30.3 Å². The summed E-state index contributed by atoms with van der Waals surface area (Å²) in [5, 5.41) is 2.38. The van der Waals surface area contributed by atoms with Gasteiger partial charge in [0.15, 0.2) is 0 Å². The minimum Gasteiger partial charge on any atom is -0.495 e. The molecule has 0 saturated carbocycles. The number of sulfonamides is 1. The maximum Gasteiger partial charge on any atom is 0.258 e. The van der Waals surface area contributed by atoms with Gasteiger partial charge in [-0.2, -0.15) is 0 Å². The second-order valence-corrected chi connectivity index (χ2v) is 7.38. The second kappa shape index (κ2) is 7.16. The highest BCUT2D eigenvalue weighted by molar-refractivity contribution is 7.89. The van der Waals surface area contributed by atoms with Crippen LogP contribution in [-0.4, -0.2) is 39.8 Å². The third-order valence-corrected chi connectivity index (χ3v) is 5.18. The SMILES string of the molecule is COc1ccc(S(=O)(=O)N(C)C)cc1NC(=O)c1ccc(F)cc1F. The van der Waals surface area contributed by atoms with E-state index in [4.69, 9.17) is 4.74 Å². The number of carbonyl (C=O) groups is 1. The van der Waals surface area contributed by atoms with E-state index in [0.717, 1.165) is 16.4 Å². The van der Waals surface area contributed by atoms with Gasteiger partial charge in [0.2, 0.25) is 10.0 Å². The first-order valence-electron chi connectivity index (χ1n) is 7.03. The highest BCUT2D eigenvalue weighted by atomic mass is 32.2. The van der Waals surface area contributed by atoms with Crippen LogP contribution in [0.15, 0.2) is 41.3 Å². The molecule has 0 saturated heterocycles. The number of anilines is 1. The van der Waals surface area contributed by atoms with Gasteiger partial charge in [-0.3, -0.25) is 4.79 Å². The van der Waals surface area contributed by atoms with E-state index in [0.29, 0.717) is 6.07 Å². The average molecular weight is 370 g/mol. The van der Waals surface area contributed by atoms with Crippen LogP contribution in [0, 0.1) is 11.6 Å². The van der Waals surface area contributed by atoms with Gasteiger partial charge in [0.05, 0.1) is 23.3 Å². The molecule has 0 aliphatic carbocycles. The van der Waals surface area contributed by atoms with Crippen LogP contribution in [0.2, 0.25) is 0 Å². The number of ether oxygens (including phenoxy) is 1. The van der Waals surface area contributed by atoms with Crippen LogP contribution in [-0.2, 0) is 10.0 Å². The second-order valence-electron chi connectivity index (χ2n) is 5.23. The highest BCUT2D eigenvalue weighted by Gasteiger charge is 2.21. The standard InChI is InChI=1S/C16H16F2N2O4S/c1-20(2)25(22,23)11-5-7-15(24-3)14(9-11)19-16(21)12-6-4-10(17)8-13(12)18/h4-9H,1-3H3,(H,19,21). The van der Waals surface area contributed by atoms with E-state index in [9.17, 15) is 22.0 Å². The summed E-state index contributed by atoms with van der Waals surface area (Å²) in [6.07, 6.45) is 0. The number of halogens is 2. The molecule has 0 aliphatic heterocycles. The third-order valence-electron chi connectivity index (χ3n) is 3.37.